The second-order valence-electron chi connectivity index (χ2n) is 6.39. The fourth-order valence-electron chi connectivity index (χ4n) is 2.56. The maximum absolute atomic E-state index is 6.06. The van der Waals surface area contributed by atoms with Gasteiger partial charge in [-0.3, -0.25) is 0 Å². The molecule has 2 aromatic rings. The van der Waals surface area contributed by atoms with Gasteiger partial charge in [0.15, 0.2) is 0 Å². The molecule has 0 amide bonds. The SMILES string of the molecule is Cc1ccc(C)c(NCCCc2ccc(OC(C)C)c(N)c2)c1. The highest BCUT2D eigenvalue weighted by Crippen LogP contribution is 2.24. The Morgan fingerprint density at radius 3 is 2.57 bits per heavy atom. The van der Waals surface area contributed by atoms with Gasteiger partial charge in [0.2, 0.25) is 0 Å². The van der Waals surface area contributed by atoms with Gasteiger partial charge in [-0.05, 0) is 75.4 Å². The summed E-state index contributed by atoms with van der Waals surface area (Å²) in [5.74, 6) is 0.775. The van der Waals surface area contributed by atoms with E-state index in [1.165, 1.54) is 22.4 Å². The zero-order valence-electron chi connectivity index (χ0n) is 14.6. The van der Waals surface area contributed by atoms with Crippen LogP contribution in [0.2, 0.25) is 0 Å². The van der Waals surface area contributed by atoms with Gasteiger partial charge in [-0.2, -0.15) is 0 Å². The standard InChI is InChI=1S/C20H28N2O/c1-14(2)23-20-10-9-17(13-18(20)21)6-5-11-22-19-12-15(3)7-8-16(19)4/h7-10,12-14,22H,5-6,11,21H2,1-4H3. The molecule has 2 rings (SSSR count). The normalized spacial score (nSPS) is 10.8. The number of anilines is 2. The van der Waals surface area contributed by atoms with E-state index in [9.17, 15) is 0 Å². The first-order chi connectivity index (χ1) is 11.0. The molecule has 3 nitrogen and oxygen atoms in total. The smallest absolute Gasteiger partial charge is 0.142 e. The van der Waals surface area contributed by atoms with Crippen LogP contribution in [-0.4, -0.2) is 12.6 Å². The number of aryl methyl sites for hydroxylation is 3. The highest BCUT2D eigenvalue weighted by atomic mass is 16.5. The molecule has 23 heavy (non-hydrogen) atoms. The van der Waals surface area contributed by atoms with Crippen LogP contribution in [0, 0.1) is 13.8 Å². The summed E-state index contributed by atoms with van der Waals surface area (Å²) in [5, 5.41) is 3.52. The number of nitrogens with one attached hydrogen (secondary N) is 1. The fourth-order valence-corrected chi connectivity index (χ4v) is 2.56. The minimum atomic E-state index is 0.143. The Balaban J connectivity index is 1.84. The molecule has 2 aromatic carbocycles. The van der Waals surface area contributed by atoms with Gasteiger partial charge in [0.1, 0.15) is 5.75 Å². The van der Waals surface area contributed by atoms with E-state index in [0.717, 1.165) is 30.8 Å². The van der Waals surface area contributed by atoms with Crippen molar-refractivity contribution in [2.24, 2.45) is 0 Å². The Morgan fingerprint density at radius 1 is 1.09 bits per heavy atom. The van der Waals surface area contributed by atoms with Crippen molar-refractivity contribution in [3.05, 3.63) is 53.1 Å². The Labute approximate surface area is 139 Å². The first kappa shape index (κ1) is 17.2. The number of nitrogens with two attached hydrogens (primary N) is 1. The fraction of sp³-hybridized carbons (Fsp3) is 0.400. The van der Waals surface area contributed by atoms with Gasteiger partial charge in [0.05, 0.1) is 11.8 Å². The average Bonchev–Trinajstić information content (AvgIpc) is 2.49. The molecule has 0 heterocycles. The van der Waals surface area contributed by atoms with Crippen LogP contribution in [-0.2, 0) is 6.42 Å². The number of hydrogen-bond donors (Lipinski definition) is 2. The lowest BCUT2D eigenvalue weighted by Crippen LogP contribution is -2.08. The van der Waals surface area contributed by atoms with E-state index in [4.69, 9.17) is 10.5 Å². The molecule has 0 radical (unpaired) electrons. The summed E-state index contributed by atoms with van der Waals surface area (Å²) >= 11 is 0. The molecule has 0 spiro atoms. The van der Waals surface area contributed by atoms with E-state index >= 15 is 0 Å². The summed E-state index contributed by atoms with van der Waals surface area (Å²) < 4.78 is 5.67. The van der Waals surface area contributed by atoms with Gasteiger partial charge in [-0.25, -0.2) is 0 Å². The van der Waals surface area contributed by atoms with Crippen molar-refractivity contribution in [1.82, 2.24) is 0 Å². The molecule has 0 aliphatic carbocycles. The van der Waals surface area contributed by atoms with Crippen molar-refractivity contribution in [3.8, 4) is 5.75 Å². The predicted molar refractivity (Wildman–Crippen MR) is 99.3 cm³/mol. The van der Waals surface area contributed by atoms with Gasteiger partial charge >= 0.3 is 0 Å². The second-order valence-corrected chi connectivity index (χ2v) is 6.39. The molecular weight excluding hydrogens is 284 g/mol. The Morgan fingerprint density at radius 2 is 1.87 bits per heavy atom. The Bertz CT molecular complexity index is 650. The van der Waals surface area contributed by atoms with Gasteiger partial charge in [0, 0.05) is 12.2 Å². The molecule has 0 aliphatic heterocycles. The summed E-state index contributed by atoms with van der Waals surface area (Å²) in [7, 11) is 0. The largest absolute Gasteiger partial charge is 0.489 e. The van der Waals surface area contributed by atoms with E-state index in [1.54, 1.807) is 0 Å². The van der Waals surface area contributed by atoms with E-state index in [1.807, 2.05) is 26.0 Å². The molecule has 3 N–H and O–H groups in total. The van der Waals surface area contributed by atoms with Crippen molar-refractivity contribution in [2.75, 3.05) is 17.6 Å². The van der Waals surface area contributed by atoms with Crippen LogP contribution in [0.15, 0.2) is 36.4 Å². The summed E-state index contributed by atoms with van der Waals surface area (Å²) in [6.45, 7) is 9.22. The highest BCUT2D eigenvalue weighted by Gasteiger charge is 2.04. The van der Waals surface area contributed by atoms with Crippen LogP contribution in [0.4, 0.5) is 11.4 Å². The minimum absolute atomic E-state index is 0.143. The van der Waals surface area contributed by atoms with Crippen molar-refractivity contribution >= 4 is 11.4 Å². The topological polar surface area (TPSA) is 47.3 Å². The molecule has 3 heteroatoms. The minimum Gasteiger partial charge on any atom is -0.489 e. The van der Waals surface area contributed by atoms with Crippen molar-refractivity contribution < 1.29 is 4.74 Å². The van der Waals surface area contributed by atoms with Crippen LogP contribution in [0.5, 0.6) is 5.75 Å². The molecule has 0 atom stereocenters. The first-order valence-electron chi connectivity index (χ1n) is 8.32. The number of nitrogen functional groups attached to an aromatic ring is 1. The Hall–Kier alpha value is -2.16. The monoisotopic (exact) mass is 312 g/mol. The zero-order valence-corrected chi connectivity index (χ0v) is 14.6. The summed E-state index contributed by atoms with van der Waals surface area (Å²) in [4.78, 5) is 0. The molecule has 0 bridgehead atoms. The quantitative estimate of drug-likeness (QED) is 0.574. The maximum Gasteiger partial charge on any atom is 0.142 e. The van der Waals surface area contributed by atoms with E-state index < -0.39 is 0 Å². The molecule has 0 saturated carbocycles. The van der Waals surface area contributed by atoms with Crippen LogP contribution in [0.1, 0.15) is 37.0 Å². The molecule has 0 fully saturated rings. The lowest BCUT2D eigenvalue weighted by Gasteiger charge is -2.13. The number of ether oxygens (including phenoxy) is 1. The van der Waals surface area contributed by atoms with Gasteiger partial charge < -0.3 is 15.8 Å². The maximum atomic E-state index is 6.06. The summed E-state index contributed by atoms with van der Waals surface area (Å²) in [6, 6.07) is 12.6. The molecule has 0 aliphatic rings. The number of rotatable bonds is 7. The second kappa shape index (κ2) is 7.91. The van der Waals surface area contributed by atoms with E-state index in [0.29, 0.717) is 0 Å². The van der Waals surface area contributed by atoms with Crippen molar-refractivity contribution in [3.63, 3.8) is 0 Å². The van der Waals surface area contributed by atoms with Crippen LogP contribution < -0.4 is 15.8 Å². The highest BCUT2D eigenvalue weighted by molar-refractivity contribution is 5.54. The molecular formula is C20H28N2O. The number of hydrogen-bond acceptors (Lipinski definition) is 3. The van der Waals surface area contributed by atoms with Gasteiger partial charge in [0.25, 0.3) is 0 Å². The van der Waals surface area contributed by atoms with E-state index in [2.05, 4.69) is 43.4 Å². The third-order valence-corrected chi connectivity index (χ3v) is 3.79. The van der Waals surface area contributed by atoms with Gasteiger partial charge in [-0.1, -0.05) is 18.2 Å². The molecule has 0 unspecified atom stereocenters. The predicted octanol–water partition coefficient (Wildman–Crippen LogP) is 4.72. The summed E-state index contributed by atoms with van der Waals surface area (Å²) in [6.07, 6.45) is 2.21. The van der Waals surface area contributed by atoms with Crippen LogP contribution in [0.3, 0.4) is 0 Å². The van der Waals surface area contributed by atoms with E-state index in [-0.39, 0.29) is 6.10 Å². The van der Waals surface area contributed by atoms with Crippen LogP contribution in [0.25, 0.3) is 0 Å². The lowest BCUT2D eigenvalue weighted by atomic mass is 10.1. The third-order valence-electron chi connectivity index (χ3n) is 3.79. The van der Waals surface area contributed by atoms with Gasteiger partial charge in [-0.15, -0.1) is 0 Å². The van der Waals surface area contributed by atoms with Crippen molar-refractivity contribution in [1.29, 1.82) is 0 Å². The average molecular weight is 312 g/mol. The summed E-state index contributed by atoms with van der Waals surface area (Å²) in [5.41, 5.74) is 11.8. The third kappa shape index (κ3) is 5.20. The zero-order chi connectivity index (χ0) is 16.8. The Kier molecular flexibility index (Phi) is 5.91. The molecule has 0 aromatic heterocycles. The lowest BCUT2D eigenvalue weighted by molar-refractivity contribution is 0.244. The molecule has 124 valence electrons. The molecule has 0 saturated heterocycles. The van der Waals surface area contributed by atoms with Crippen LogP contribution >= 0.6 is 0 Å². The number of benzene rings is 2. The van der Waals surface area contributed by atoms with Crippen molar-refractivity contribution in [2.45, 2.75) is 46.6 Å². The first-order valence-corrected chi connectivity index (χ1v) is 8.32.